The van der Waals surface area contributed by atoms with Gasteiger partial charge in [0.05, 0.1) is 0 Å². The Balaban J connectivity index is 2.05. The lowest BCUT2D eigenvalue weighted by Gasteiger charge is -2.22. The molecule has 1 atom stereocenters. The molecule has 0 fully saturated rings. The van der Waals surface area contributed by atoms with Gasteiger partial charge in [-0.2, -0.15) is 0 Å². The monoisotopic (exact) mass is 224 g/mol. The smallest absolute Gasteiger partial charge is 0.123 e. The van der Waals surface area contributed by atoms with Crippen LogP contribution in [0, 0.1) is 5.82 Å². The molecule has 2 aromatic rings. The van der Waals surface area contributed by atoms with E-state index in [0.717, 1.165) is 6.42 Å². The molecule has 0 N–H and O–H groups in total. The summed E-state index contributed by atoms with van der Waals surface area (Å²) in [6.07, 6.45) is 5.34. The van der Waals surface area contributed by atoms with Crippen molar-refractivity contribution in [1.29, 1.82) is 0 Å². The third-order valence-corrected chi connectivity index (χ3v) is 3.31. The fraction of sp³-hybridized carbons (Fsp3) is 0.125. The highest BCUT2D eigenvalue weighted by atomic mass is 19.1. The molecular weight excluding hydrogens is 211 g/mol. The van der Waals surface area contributed by atoms with E-state index < -0.39 is 0 Å². The van der Waals surface area contributed by atoms with Crippen molar-refractivity contribution < 1.29 is 4.39 Å². The predicted octanol–water partition coefficient (Wildman–Crippen LogP) is 4.37. The number of benzene rings is 2. The first kappa shape index (κ1) is 10.3. The normalized spacial score (nSPS) is 17.8. The van der Waals surface area contributed by atoms with E-state index in [0.29, 0.717) is 5.92 Å². The predicted molar refractivity (Wildman–Crippen MR) is 68.3 cm³/mol. The Kier molecular flexibility index (Phi) is 2.52. The first-order valence-electron chi connectivity index (χ1n) is 5.85. The maximum absolute atomic E-state index is 12.9. The van der Waals surface area contributed by atoms with Crippen molar-refractivity contribution in [2.45, 2.75) is 12.3 Å². The van der Waals surface area contributed by atoms with Crippen LogP contribution in [-0.4, -0.2) is 0 Å². The SMILES string of the molecule is Fc1ccc(C2CC=Cc3ccccc32)cc1. The Morgan fingerprint density at radius 2 is 1.71 bits per heavy atom. The molecule has 0 aromatic heterocycles. The summed E-state index contributed by atoms with van der Waals surface area (Å²) in [5.41, 5.74) is 3.79. The van der Waals surface area contributed by atoms with Crippen molar-refractivity contribution in [3.63, 3.8) is 0 Å². The first-order valence-corrected chi connectivity index (χ1v) is 5.85. The van der Waals surface area contributed by atoms with E-state index in [1.54, 1.807) is 0 Å². The number of allylic oxidation sites excluding steroid dienone is 1. The zero-order chi connectivity index (χ0) is 11.7. The van der Waals surface area contributed by atoms with Gasteiger partial charge in [0.1, 0.15) is 5.82 Å². The Labute approximate surface area is 100 Å². The Morgan fingerprint density at radius 1 is 0.941 bits per heavy atom. The summed E-state index contributed by atoms with van der Waals surface area (Å²) in [5.74, 6) is 0.185. The number of fused-ring (bicyclic) bond motifs is 1. The molecule has 0 nitrogen and oxygen atoms in total. The van der Waals surface area contributed by atoms with Crippen LogP contribution in [0.25, 0.3) is 6.08 Å². The van der Waals surface area contributed by atoms with E-state index in [9.17, 15) is 4.39 Å². The molecule has 0 aliphatic heterocycles. The fourth-order valence-corrected chi connectivity index (χ4v) is 2.45. The molecule has 0 bridgehead atoms. The zero-order valence-electron chi connectivity index (χ0n) is 9.44. The summed E-state index contributed by atoms with van der Waals surface area (Å²) in [5, 5.41) is 0. The van der Waals surface area contributed by atoms with Crippen LogP contribution in [0.1, 0.15) is 29.0 Å². The second kappa shape index (κ2) is 4.17. The van der Waals surface area contributed by atoms with E-state index in [1.807, 2.05) is 12.1 Å². The van der Waals surface area contributed by atoms with Gasteiger partial charge < -0.3 is 0 Å². The minimum atomic E-state index is -0.173. The minimum absolute atomic E-state index is 0.173. The molecule has 0 spiro atoms. The Morgan fingerprint density at radius 3 is 2.53 bits per heavy atom. The average Bonchev–Trinajstić information content (AvgIpc) is 2.39. The van der Waals surface area contributed by atoms with Crippen LogP contribution in [-0.2, 0) is 0 Å². The number of hydrogen-bond donors (Lipinski definition) is 0. The van der Waals surface area contributed by atoms with Gasteiger partial charge in [-0.15, -0.1) is 0 Å². The number of rotatable bonds is 1. The molecule has 1 unspecified atom stereocenters. The molecule has 2 aromatic carbocycles. The highest BCUT2D eigenvalue weighted by molar-refractivity contribution is 5.59. The molecule has 0 amide bonds. The minimum Gasteiger partial charge on any atom is -0.207 e. The van der Waals surface area contributed by atoms with Crippen LogP contribution in [0.3, 0.4) is 0 Å². The largest absolute Gasteiger partial charge is 0.207 e. The van der Waals surface area contributed by atoms with Crippen molar-refractivity contribution in [3.8, 4) is 0 Å². The van der Waals surface area contributed by atoms with E-state index in [-0.39, 0.29) is 5.82 Å². The third kappa shape index (κ3) is 1.89. The van der Waals surface area contributed by atoms with Gasteiger partial charge in [-0.3, -0.25) is 0 Å². The molecule has 1 aliphatic carbocycles. The van der Waals surface area contributed by atoms with Crippen molar-refractivity contribution in [2.24, 2.45) is 0 Å². The van der Waals surface area contributed by atoms with Gasteiger partial charge in [0.2, 0.25) is 0 Å². The Hall–Kier alpha value is -1.89. The maximum Gasteiger partial charge on any atom is 0.123 e. The van der Waals surface area contributed by atoms with Crippen LogP contribution in [0.15, 0.2) is 54.6 Å². The molecule has 17 heavy (non-hydrogen) atoms. The van der Waals surface area contributed by atoms with Gasteiger partial charge >= 0.3 is 0 Å². The highest BCUT2D eigenvalue weighted by Crippen LogP contribution is 2.34. The van der Waals surface area contributed by atoms with Gasteiger partial charge in [0.15, 0.2) is 0 Å². The van der Waals surface area contributed by atoms with Gasteiger partial charge in [-0.05, 0) is 35.2 Å². The lowest BCUT2D eigenvalue weighted by atomic mass is 9.82. The molecule has 1 heteroatoms. The van der Waals surface area contributed by atoms with E-state index >= 15 is 0 Å². The van der Waals surface area contributed by atoms with Crippen LogP contribution < -0.4 is 0 Å². The molecule has 0 saturated carbocycles. The molecule has 3 rings (SSSR count). The van der Waals surface area contributed by atoms with Gasteiger partial charge in [0.25, 0.3) is 0 Å². The average molecular weight is 224 g/mol. The van der Waals surface area contributed by atoms with Crippen LogP contribution in [0.2, 0.25) is 0 Å². The van der Waals surface area contributed by atoms with E-state index in [2.05, 4.69) is 36.4 Å². The molecule has 0 heterocycles. The molecule has 1 aliphatic rings. The van der Waals surface area contributed by atoms with Gasteiger partial charge in [-0.25, -0.2) is 4.39 Å². The maximum atomic E-state index is 12.9. The fourth-order valence-electron chi connectivity index (χ4n) is 2.45. The molecule has 84 valence electrons. The summed E-state index contributed by atoms with van der Waals surface area (Å²) < 4.78 is 12.9. The number of hydrogen-bond acceptors (Lipinski definition) is 0. The zero-order valence-corrected chi connectivity index (χ0v) is 9.44. The second-order valence-corrected chi connectivity index (χ2v) is 4.37. The highest BCUT2D eigenvalue weighted by Gasteiger charge is 2.17. The van der Waals surface area contributed by atoms with E-state index in [4.69, 9.17) is 0 Å². The Bertz CT molecular complexity index is 552. The quantitative estimate of drug-likeness (QED) is 0.674. The van der Waals surface area contributed by atoms with Crippen molar-refractivity contribution in [3.05, 3.63) is 77.1 Å². The van der Waals surface area contributed by atoms with Crippen molar-refractivity contribution >= 4 is 6.08 Å². The topological polar surface area (TPSA) is 0 Å². The number of halogens is 1. The van der Waals surface area contributed by atoms with E-state index in [1.165, 1.54) is 28.8 Å². The molecule has 0 radical (unpaired) electrons. The second-order valence-electron chi connectivity index (χ2n) is 4.37. The summed E-state index contributed by atoms with van der Waals surface area (Å²) >= 11 is 0. The van der Waals surface area contributed by atoms with Gasteiger partial charge in [-0.1, -0.05) is 48.6 Å². The van der Waals surface area contributed by atoms with Crippen LogP contribution >= 0.6 is 0 Å². The third-order valence-electron chi connectivity index (χ3n) is 3.31. The van der Waals surface area contributed by atoms with Crippen LogP contribution in [0.4, 0.5) is 4.39 Å². The summed E-state index contributed by atoms with van der Waals surface area (Å²) in [6.45, 7) is 0. The lowest BCUT2D eigenvalue weighted by Crippen LogP contribution is -2.05. The summed E-state index contributed by atoms with van der Waals surface area (Å²) in [6, 6.07) is 15.2. The summed E-state index contributed by atoms with van der Waals surface area (Å²) in [4.78, 5) is 0. The van der Waals surface area contributed by atoms with Crippen molar-refractivity contribution in [1.82, 2.24) is 0 Å². The molecular formula is C16H13F. The summed E-state index contributed by atoms with van der Waals surface area (Å²) in [7, 11) is 0. The molecule has 0 saturated heterocycles. The lowest BCUT2D eigenvalue weighted by molar-refractivity contribution is 0.626. The van der Waals surface area contributed by atoms with Gasteiger partial charge in [0, 0.05) is 5.92 Å². The van der Waals surface area contributed by atoms with Crippen molar-refractivity contribution in [2.75, 3.05) is 0 Å². The first-order chi connectivity index (χ1) is 8.34. The standard InChI is InChI=1S/C16H13F/c17-14-10-8-13(9-11-14)16-7-3-5-12-4-1-2-6-15(12)16/h1-6,8-11,16H,7H2. The van der Waals surface area contributed by atoms with Crippen LogP contribution in [0.5, 0.6) is 0 Å².